The average molecular weight is 315 g/mol. The number of nitrogens with one attached hydrogen (secondary N) is 1. The molecule has 0 aliphatic heterocycles. The molecule has 1 aromatic heterocycles. The summed E-state index contributed by atoms with van der Waals surface area (Å²) < 4.78 is 1.77. The number of hydrogen-bond donors (Lipinski definition) is 2. The largest absolute Gasteiger partial charge is 0.388 e. The van der Waals surface area contributed by atoms with Crippen molar-refractivity contribution in [1.29, 1.82) is 0 Å². The lowest BCUT2D eigenvalue weighted by Crippen LogP contribution is -2.42. The Labute approximate surface area is 137 Å². The fraction of sp³-hybridized carbons (Fsp3) is 0.444. The van der Waals surface area contributed by atoms with E-state index in [1.165, 1.54) is 0 Å². The number of hydrogen-bond acceptors (Lipinski definition) is 3. The summed E-state index contributed by atoms with van der Waals surface area (Å²) in [5.74, 6) is -0.206. The van der Waals surface area contributed by atoms with Crippen molar-refractivity contribution in [2.24, 2.45) is 0 Å². The third-order valence-corrected chi connectivity index (χ3v) is 4.49. The van der Waals surface area contributed by atoms with Gasteiger partial charge < -0.3 is 10.4 Å². The van der Waals surface area contributed by atoms with Crippen LogP contribution in [0.2, 0.25) is 0 Å². The van der Waals surface area contributed by atoms with Crippen LogP contribution in [-0.4, -0.2) is 32.9 Å². The number of carbonyl (C=O) groups is 1. The summed E-state index contributed by atoms with van der Waals surface area (Å²) in [6.07, 6.45) is 2.78. The molecule has 0 aliphatic carbocycles. The molecule has 1 amide bonds. The van der Waals surface area contributed by atoms with E-state index in [1.54, 1.807) is 10.9 Å². The molecule has 0 unspecified atom stereocenters. The monoisotopic (exact) mass is 315 g/mol. The number of aliphatic hydroxyl groups is 1. The molecule has 0 aliphatic rings. The van der Waals surface area contributed by atoms with Crippen LogP contribution in [0.3, 0.4) is 0 Å². The normalized spacial score (nSPS) is 11.5. The fourth-order valence-electron chi connectivity index (χ4n) is 2.52. The Balaban J connectivity index is 2.19. The maximum absolute atomic E-state index is 12.4. The Morgan fingerprint density at radius 2 is 1.91 bits per heavy atom. The summed E-state index contributed by atoms with van der Waals surface area (Å²) in [6.45, 7) is 7.96. The van der Waals surface area contributed by atoms with Crippen LogP contribution in [0, 0.1) is 13.8 Å². The van der Waals surface area contributed by atoms with Crippen molar-refractivity contribution in [1.82, 2.24) is 15.1 Å². The van der Waals surface area contributed by atoms with Crippen LogP contribution in [0.5, 0.6) is 0 Å². The standard InChI is InChI=1S/C18H25N3O2/c1-5-18(23,6-2)12-19-17(22)15-11-20-21(14(15)4)16-10-8-7-9-13(16)3/h7-11,23H,5-6,12H2,1-4H3,(H,19,22). The van der Waals surface area contributed by atoms with E-state index in [-0.39, 0.29) is 12.5 Å². The SMILES string of the molecule is CCC(O)(CC)CNC(=O)c1cnn(-c2ccccc2C)c1C. The quantitative estimate of drug-likeness (QED) is 0.861. The number of carbonyl (C=O) groups excluding carboxylic acids is 1. The Morgan fingerprint density at radius 1 is 1.26 bits per heavy atom. The van der Waals surface area contributed by atoms with E-state index in [9.17, 15) is 9.90 Å². The van der Waals surface area contributed by atoms with E-state index in [0.29, 0.717) is 18.4 Å². The van der Waals surface area contributed by atoms with Gasteiger partial charge in [0.05, 0.1) is 28.7 Å². The molecule has 0 saturated carbocycles. The zero-order valence-corrected chi connectivity index (χ0v) is 14.3. The lowest BCUT2D eigenvalue weighted by atomic mass is 9.97. The number of benzene rings is 1. The number of nitrogens with zero attached hydrogens (tertiary/aromatic N) is 2. The van der Waals surface area contributed by atoms with Gasteiger partial charge in [0.1, 0.15) is 0 Å². The second kappa shape index (κ2) is 6.96. The minimum atomic E-state index is -0.852. The molecule has 124 valence electrons. The van der Waals surface area contributed by atoms with Crippen LogP contribution in [0.1, 0.15) is 48.3 Å². The highest BCUT2D eigenvalue weighted by Gasteiger charge is 2.24. The maximum atomic E-state index is 12.4. The van der Waals surface area contributed by atoms with Gasteiger partial charge in [0.15, 0.2) is 0 Å². The van der Waals surface area contributed by atoms with E-state index in [0.717, 1.165) is 16.9 Å². The van der Waals surface area contributed by atoms with E-state index >= 15 is 0 Å². The number of rotatable bonds is 6. The molecule has 0 saturated heterocycles. The smallest absolute Gasteiger partial charge is 0.254 e. The van der Waals surface area contributed by atoms with E-state index in [4.69, 9.17) is 0 Å². The molecular formula is C18H25N3O2. The fourth-order valence-corrected chi connectivity index (χ4v) is 2.52. The Kier molecular flexibility index (Phi) is 5.21. The first kappa shape index (κ1) is 17.2. The van der Waals surface area contributed by atoms with Crippen molar-refractivity contribution in [3.8, 4) is 5.69 Å². The minimum Gasteiger partial charge on any atom is -0.388 e. The lowest BCUT2D eigenvalue weighted by molar-refractivity contribution is 0.0314. The summed E-state index contributed by atoms with van der Waals surface area (Å²) in [5.41, 5.74) is 2.52. The molecule has 2 N–H and O–H groups in total. The molecular weight excluding hydrogens is 290 g/mol. The number of aromatic nitrogens is 2. The van der Waals surface area contributed by atoms with E-state index < -0.39 is 5.60 Å². The van der Waals surface area contributed by atoms with Gasteiger partial charge in [0, 0.05) is 6.54 Å². The van der Waals surface area contributed by atoms with Gasteiger partial charge in [-0.05, 0) is 38.3 Å². The minimum absolute atomic E-state index is 0.206. The van der Waals surface area contributed by atoms with Gasteiger partial charge in [-0.2, -0.15) is 5.10 Å². The maximum Gasteiger partial charge on any atom is 0.254 e. The van der Waals surface area contributed by atoms with Crippen molar-refractivity contribution >= 4 is 5.91 Å². The summed E-state index contributed by atoms with van der Waals surface area (Å²) >= 11 is 0. The number of amides is 1. The van der Waals surface area contributed by atoms with Gasteiger partial charge in [-0.25, -0.2) is 4.68 Å². The summed E-state index contributed by atoms with van der Waals surface area (Å²) in [4.78, 5) is 12.4. The molecule has 0 fully saturated rings. The van der Waals surface area contributed by atoms with Gasteiger partial charge in [0.2, 0.25) is 0 Å². The Morgan fingerprint density at radius 3 is 2.52 bits per heavy atom. The first-order valence-electron chi connectivity index (χ1n) is 8.03. The van der Waals surface area contributed by atoms with Crippen LogP contribution < -0.4 is 5.32 Å². The molecule has 2 aromatic rings. The first-order valence-corrected chi connectivity index (χ1v) is 8.03. The molecule has 1 heterocycles. The highest BCUT2D eigenvalue weighted by Crippen LogP contribution is 2.18. The van der Waals surface area contributed by atoms with E-state index in [2.05, 4.69) is 10.4 Å². The molecule has 5 heteroatoms. The third kappa shape index (κ3) is 3.62. The first-order chi connectivity index (χ1) is 10.9. The third-order valence-electron chi connectivity index (χ3n) is 4.49. The Hall–Kier alpha value is -2.14. The van der Waals surface area contributed by atoms with Crippen LogP contribution in [0.4, 0.5) is 0 Å². The van der Waals surface area contributed by atoms with Crippen LogP contribution in [0.25, 0.3) is 5.69 Å². The van der Waals surface area contributed by atoms with Crippen molar-refractivity contribution < 1.29 is 9.90 Å². The van der Waals surface area contributed by atoms with Gasteiger partial charge >= 0.3 is 0 Å². The predicted octanol–water partition coefficient (Wildman–Crippen LogP) is 2.77. The molecule has 2 rings (SSSR count). The molecule has 5 nitrogen and oxygen atoms in total. The highest BCUT2D eigenvalue weighted by molar-refractivity contribution is 5.95. The van der Waals surface area contributed by atoms with Crippen molar-refractivity contribution in [2.75, 3.05) is 6.54 Å². The topological polar surface area (TPSA) is 67.2 Å². The average Bonchev–Trinajstić information content (AvgIpc) is 2.94. The second-order valence-corrected chi connectivity index (χ2v) is 5.96. The van der Waals surface area contributed by atoms with Crippen molar-refractivity contribution in [2.45, 2.75) is 46.1 Å². The highest BCUT2D eigenvalue weighted by atomic mass is 16.3. The van der Waals surface area contributed by atoms with Crippen LogP contribution >= 0.6 is 0 Å². The predicted molar refractivity (Wildman–Crippen MR) is 90.9 cm³/mol. The van der Waals surface area contributed by atoms with Gasteiger partial charge in [0.25, 0.3) is 5.91 Å². The summed E-state index contributed by atoms with van der Waals surface area (Å²) in [6, 6.07) is 7.91. The Bertz CT molecular complexity index is 687. The van der Waals surface area contributed by atoms with Gasteiger partial charge in [-0.15, -0.1) is 0 Å². The molecule has 23 heavy (non-hydrogen) atoms. The number of para-hydroxylation sites is 1. The van der Waals surface area contributed by atoms with Gasteiger partial charge in [-0.1, -0.05) is 32.0 Å². The summed E-state index contributed by atoms with van der Waals surface area (Å²) in [7, 11) is 0. The zero-order valence-electron chi connectivity index (χ0n) is 14.3. The molecule has 1 aromatic carbocycles. The van der Waals surface area contributed by atoms with Gasteiger partial charge in [-0.3, -0.25) is 4.79 Å². The second-order valence-electron chi connectivity index (χ2n) is 5.96. The van der Waals surface area contributed by atoms with Crippen molar-refractivity contribution in [3.05, 3.63) is 47.3 Å². The molecule has 0 atom stereocenters. The molecule has 0 bridgehead atoms. The lowest BCUT2D eigenvalue weighted by Gasteiger charge is -2.25. The van der Waals surface area contributed by atoms with Crippen molar-refractivity contribution in [3.63, 3.8) is 0 Å². The number of aryl methyl sites for hydroxylation is 1. The van der Waals surface area contributed by atoms with Crippen LogP contribution in [0.15, 0.2) is 30.5 Å². The van der Waals surface area contributed by atoms with E-state index in [1.807, 2.05) is 52.0 Å². The molecule has 0 spiro atoms. The molecule has 0 radical (unpaired) electrons. The summed E-state index contributed by atoms with van der Waals surface area (Å²) in [5, 5.41) is 17.4. The van der Waals surface area contributed by atoms with Crippen LogP contribution in [-0.2, 0) is 0 Å². The zero-order chi connectivity index (χ0) is 17.0.